The van der Waals surface area contributed by atoms with Gasteiger partial charge in [-0.15, -0.1) is 0 Å². The number of nitrogens with zero attached hydrogens (tertiary/aromatic N) is 2. The van der Waals surface area contributed by atoms with Crippen molar-refractivity contribution >= 4 is 45.6 Å². The second-order valence-electron chi connectivity index (χ2n) is 8.17. The molecule has 0 aliphatic carbocycles. The monoisotopic (exact) mass is 584 g/mol. The number of hydrogen-bond acceptors (Lipinski definition) is 10. The minimum absolute atomic E-state index is 0.0971. The molecule has 2 amide bonds. The van der Waals surface area contributed by atoms with Crippen LogP contribution in [-0.2, 0) is 24.3 Å². The van der Waals surface area contributed by atoms with Gasteiger partial charge in [0.05, 0.1) is 38.1 Å². The standard InChI is InChI=1S/C27H28N4O9S/c1-18(32)29-20-6-12-23(13-7-20)41(35,36)31(21-8-10-22(37-2)11-9-21)17-26(33)30-28-16-19-5-14-24(25(15-19)38-3)40-27(34)39-4/h5-16H,17H2,1-4H3,(H,29,32)(H,30,33)/b28-16-. The van der Waals surface area contributed by atoms with Crippen molar-refractivity contribution in [3.8, 4) is 17.2 Å². The first-order valence-corrected chi connectivity index (χ1v) is 13.3. The summed E-state index contributed by atoms with van der Waals surface area (Å²) in [4.78, 5) is 35.4. The van der Waals surface area contributed by atoms with Crippen LogP contribution in [0.25, 0.3) is 0 Å². The molecule has 2 N–H and O–H groups in total. The fourth-order valence-corrected chi connectivity index (χ4v) is 4.85. The maximum atomic E-state index is 13.6. The van der Waals surface area contributed by atoms with Gasteiger partial charge in [0.2, 0.25) is 5.91 Å². The predicted molar refractivity (Wildman–Crippen MR) is 150 cm³/mol. The van der Waals surface area contributed by atoms with E-state index in [2.05, 4.69) is 20.6 Å². The highest BCUT2D eigenvalue weighted by Crippen LogP contribution is 2.28. The van der Waals surface area contributed by atoms with Crippen LogP contribution in [-0.4, -0.2) is 60.5 Å². The summed E-state index contributed by atoms with van der Waals surface area (Å²) < 4.78 is 47.9. The van der Waals surface area contributed by atoms with Crippen molar-refractivity contribution in [3.05, 3.63) is 72.3 Å². The van der Waals surface area contributed by atoms with Gasteiger partial charge in [0, 0.05) is 12.6 Å². The van der Waals surface area contributed by atoms with Gasteiger partial charge in [-0.3, -0.25) is 13.9 Å². The molecule has 3 aromatic rings. The number of hydrogen-bond donors (Lipinski definition) is 2. The lowest BCUT2D eigenvalue weighted by atomic mass is 10.2. The largest absolute Gasteiger partial charge is 0.513 e. The number of ether oxygens (including phenoxy) is 4. The van der Waals surface area contributed by atoms with Crippen LogP contribution in [0.4, 0.5) is 16.2 Å². The van der Waals surface area contributed by atoms with Gasteiger partial charge < -0.3 is 24.3 Å². The molecule has 0 bridgehead atoms. The molecule has 0 fully saturated rings. The quantitative estimate of drug-likeness (QED) is 0.149. The van der Waals surface area contributed by atoms with Gasteiger partial charge >= 0.3 is 6.16 Å². The Bertz CT molecular complexity index is 1520. The van der Waals surface area contributed by atoms with Gasteiger partial charge in [0.1, 0.15) is 12.3 Å². The number of sulfonamides is 1. The van der Waals surface area contributed by atoms with E-state index in [1.807, 2.05) is 0 Å². The van der Waals surface area contributed by atoms with E-state index in [9.17, 15) is 22.8 Å². The number of anilines is 2. The summed E-state index contributed by atoms with van der Waals surface area (Å²) in [6.07, 6.45) is 0.381. The van der Waals surface area contributed by atoms with Gasteiger partial charge in [0.15, 0.2) is 11.5 Å². The third kappa shape index (κ3) is 8.19. The molecule has 41 heavy (non-hydrogen) atoms. The normalized spacial score (nSPS) is 10.9. The Hall–Kier alpha value is -5.11. The van der Waals surface area contributed by atoms with E-state index in [0.717, 1.165) is 4.31 Å². The number of amides is 2. The highest BCUT2D eigenvalue weighted by molar-refractivity contribution is 7.92. The number of rotatable bonds is 11. The van der Waals surface area contributed by atoms with Crippen LogP contribution in [0.1, 0.15) is 12.5 Å². The summed E-state index contributed by atoms with van der Waals surface area (Å²) in [6, 6.07) is 16.2. The molecule has 0 radical (unpaired) electrons. The molecule has 3 rings (SSSR count). The van der Waals surface area contributed by atoms with Crippen molar-refractivity contribution in [3.63, 3.8) is 0 Å². The van der Waals surface area contributed by atoms with Crippen LogP contribution in [0.15, 0.2) is 76.7 Å². The van der Waals surface area contributed by atoms with Gasteiger partial charge in [-0.05, 0) is 72.3 Å². The average Bonchev–Trinajstić information content (AvgIpc) is 2.96. The lowest BCUT2D eigenvalue weighted by Gasteiger charge is -2.24. The van der Waals surface area contributed by atoms with Crippen LogP contribution in [0.3, 0.4) is 0 Å². The van der Waals surface area contributed by atoms with E-state index in [-0.39, 0.29) is 28.0 Å². The van der Waals surface area contributed by atoms with E-state index < -0.39 is 28.6 Å². The minimum Gasteiger partial charge on any atom is -0.497 e. The summed E-state index contributed by atoms with van der Waals surface area (Å²) in [5, 5.41) is 6.47. The lowest BCUT2D eigenvalue weighted by Crippen LogP contribution is -2.39. The molecule has 0 heterocycles. The van der Waals surface area contributed by atoms with Gasteiger partial charge in [-0.25, -0.2) is 18.6 Å². The summed E-state index contributed by atoms with van der Waals surface area (Å²) in [5.74, 6) is -0.203. The Kier molecular flexibility index (Phi) is 10.2. The molecule has 0 spiro atoms. The number of methoxy groups -OCH3 is 3. The number of hydrazone groups is 1. The highest BCUT2D eigenvalue weighted by Gasteiger charge is 2.27. The van der Waals surface area contributed by atoms with Gasteiger partial charge in [-0.1, -0.05) is 0 Å². The molecule has 0 unspecified atom stereocenters. The maximum absolute atomic E-state index is 13.6. The molecule has 216 valence electrons. The summed E-state index contributed by atoms with van der Waals surface area (Å²) in [5.41, 5.74) is 3.42. The molecular formula is C27H28N4O9S. The van der Waals surface area contributed by atoms with Crippen LogP contribution < -0.4 is 29.3 Å². The van der Waals surface area contributed by atoms with E-state index >= 15 is 0 Å². The first kappa shape index (κ1) is 30.4. The van der Waals surface area contributed by atoms with Gasteiger partial charge in [0.25, 0.3) is 15.9 Å². The zero-order chi connectivity index (χ0) is 30.0. The summed E-state index contributed by atoms with van der Waals surface area (Å²) in [6.45, 7) is 0.733. The minimum atomic E-state index is -4.22. The second-order valence-corrected chi connectivity index (χ2v) is 10.0. The van der Waals surface area contributed by atoms with Gasteiger partial charge in [-0.2, -0.15) is 5.10 Å². The van der Waals surface area contributed by atoms with E-state index in [1.165, 1.54) is 83.0 Å². The SMILES string of the molecule is COC(=O)Oc1ccc(/C=N\NC(=O)CN(c2ccc(OC)cc2)S(=O)(=O)c2ccc(NC(C)=O)cc2)cc1OC. The lowest BCUT2D eigenvalue weighted by molar-refractivity contribution is -0.119. The van der Waals surface area contributed by atoms with Crippen molar-refractivity contribution in [2.45, 2.75) is 11.8 Å². The molecule has 13 nitrogen and oxygen atoms in total. The molecular weight excluding hydrogens is 556 g/mol. The Balaban J connectivity index is 1.81. The van der Waals surface area contributed by atoms with Crippen LogP contribution in [0, 0.1) is 0 Å². The molecule has 0 aromatic heterocycles. The predicted octanol–water partition coefficient (Wildman–Crippen LogP) is 3.15. The average molecular weight is 585 g/mol. The second kappa shape index (κ2) is 13.8. The Morgan fingerprint density at radius 1 is 0.902 bits per heavy atom. The topological polar surface area (TPSA) is 162 Å². The Labute approximate surface area is 236 Å². The van der Waals surface area contributed by atoms with Crippen molar-refractivity contribution in [2.24, 2.45) is 5.10 Å². The zero-order valence-electron chi connectivity index (χ0n) is 22.6. The Morgan fingerprint density at radius 2 is 1.59 bits per heavy atom. The molecule has 0 aliphatic heterocycles. The first-order chi connectivity index (χ1) is 19.6. The molecule has 14 heteroatoms. The number of nitrogens with one attached hydrogen (secondary N) is 2. The molecule has 0 aliphatic rings. The number of carbonyl (C=O) groups is 3. The summed E-state index contributed by atoms with van der Waals surface area (Å²) in [7, 11) is -0.196. The van der Waals surface area contributed by atoms with E-state index in [4.69, 9.17) is 14.2 Å². The fraction of sp³-hybridized carbons (Fsp3) is 0.185. The van der Waals surface area contributed by atoms with E-state index in [0.29, 0.717) is 17.0 Å². The molecule has 0 saturated carbocycles. The third-order valence-electron chi connectivity index (χ3n) is 5.36. The third-order valence-corrected chi connectivity index (χ3v) is 7.15. The van der Waals surface area contributed by atoms with E-state index in [1.54, 1.807) is 18.2 Å². The van der Waals surface area contributed by atoms with Crippen molar-refractivity contribution in [1.29, 1.82) is 0 Å². The smallest absolute Gasteiger partial charge is 0.497 e. The van der Waals surface area contributed by atoms with Crippen molar-refractivity contribution < 1.29 is 41.7 Å². The number of benzene rings is 3. The highest BCUT2D eigenvalue weighted by atomic mass is 32.2. The van der Waals surface area contributed by atoms with Crippen LogP contribution in [0.2, 0.25) is 0 Å². The van der Waals surface area contributed by atoms with Crippen LogP contribution >= 0.6 is 0 Å². The van der Waals surface area contributed by atoms with Crippen molar-refractivity contribution in [1.82, 2.24) is 5.43 Å². The molecule has 0 atom stereocenters. The maximum Gasteiger partial charge on any atom is 0.513 e. The molecule has 0 saturated heterocycles. The fourth-order valence-electron chi connectivity index (χ4n) is 3.43. The zero-order valence-corrected chi connectivity index (χ0v) is 23.4. The first-order valence-electron chi connectivity index (χ1n) is 11.9. The van der Waals surface area contributed by atoms with Crippen LogP contribution in [0.5, 0.6) is 17.2 Å². The number of carbonyl (C=O) groups excluding carboxylic acids is 3. The molecule has 3 aromatic carbocycles. The Morgan fingerprint density at radius 3 is 2.17 bits per heavy atom. The summed E-state index contributed by atoms with van der Waals surface area (Å²) >= 11 is 0. The van der Waals surface area contributed by atoms with Crippen molar-refractivity contribution in [2.75, 3.05) is 37.5 Å².